The lowest BCUT2D eigenvalue weighted by Gasteiger charge is -2.25. The minimum atomic E-state index is -0.472. The molecule has 0 bridgehead atoms. The van der Waals surface area contributed by atoms with Crippen LogP contribution in [-0.4, -0.2) is 60.3 Å². The van der Waals surface area contributed by atoms with E-state index in [1.165, 1.54) is 17.4 Å². The second-order valence-corrected chi connectivity index (χ2v) is 12.9. The number of nitrogens with zero attached hydrogens (tertiary/aromatic N) is 4. The molecule has 2 aromatic heterocycles. The van der Waals surface area contributed by atoms with Gasteiger partial charge in [0.15, 0.2) is 0 Å². The highest BCUT2D eigenvalue weighted by molar-refractivity contribution is 7.17. The molecule has 230 valence electrons. The first kappa shape index (κ1) is 29.2. The summed E-state index contributed by atoms with van der Waals surface area (Å²) in [6.07, 6.45) is 3.42. The largest absolute Gasteiger partial charge is 0.355 e. The van der Waals surface area contributed by atoms with Gasteiger partial charge in [0.2, 0.25) is 5.91 Å². The molecule has 10 heteroatoms. The number of aryl methyl sites for hydroxylation is 1. The summed E-state index contributed by atoms with van der Waals surface area (Å²) in [5.41, 5.74) is 3.80. The van der Waals surface area contributed by atoms with E-state index in [2.05, 4.69) is 10.2 Å². The number of anilines is 3. The summed E-state index contributed by atoms with van der Waals surface area (Å²) in [6, 6.07) is 19.8. The van der Waals surface area contributed by atoms with E-state index in [-0.39, 0.29) is 29.3 Å². The normalized spacial score (nSPS) is 16.4. The molecular weight excluding hydrogens is 589 g/mol. The number of rotatable bonds is 5. The lowest BCUT2D eigenvalue weighted by molar-refractivity contribution is -0.132. The van der Waals surface area contributed by atoms with Crippen molar-refractivity contribution in [2.24, 2.45) is 5.92 Å². The number of nitrogens with one attached hydrogen (secondary N) is 1. The van der Waals surface area contributed by atoms with Crippen LogP contribution in [0.25, 0.3) is 10.4 Å². The van der Waals surface area contributed by atoms with Crippen molar-refractivity contribution in [3.63, 3.8) is 0 Å². The monoisotopic (exact) mass is 623 g/mol. The van der Waals surface area contributed by atoms with Crippen LogP contribution in [0.2, 0.25) is 0 Å². The van der Waals surface area contributed by atoms with Crippen LogP contribution in [0, 0.1) is 18.7 Å². The Labute approximate surface area is 265 Å². The number of carbonyl (C=O) groups is 3. The molecule has 2 fully saturated rings. The third-order valence-electron chi connectivity index (χ3n) is 8.79. The number of hydrogen-bond acceptors (Lipinski definition) is 6. The Morgan fingerprint density at radius 2 is 1.76 bits per heavy atom. The quantitative estimate of drug-likeness (QED) is 0.288. The lowest BCUT2D eigenvalue weighted by Crippen LogP contribution is -2.36. The number of aromatic nitrogens is 1. The minimum Gasteiger partial charge on any atom is -0.355 e. The maximum atomic E-state index is 14.4. The van der Waals surface area contributed by atoms with Crippen LogP contribution in [0.15, 0.2) is 66.7 Å². The van der Waals surface area contributed by atoms with Crippen LogP contribution < -0.4 is 15.1 Å². The standard InChI is InChI=1S/C35H34FN5O3S/c1-22-7-4-9-26(36)31(22)38-33(42)29-21-24-15-18-41(28-11-3-2-8-25(28)32(24)45-29)35(44)27-10-5-12-30(37-27)39-16-6-17-40(20-19-39)34(43)23-13-14-23/h2-5,7-12,21,23H,6,13-20H2,1H3,(H,38,42). The lowest BCUT2D eigenvalue weighted by atomic mass is 10.1. The molecule has 0 unspecified atom stereocenters. The molecule has 0 atom stereocenters. The number of para-hydroxylation sites is 2. The fourth-order valence-corrected chi connectivity index (χ4v) is 7.34. The second-order valence-electron chi connectivity index (χ2n) is 11.9. The number of thiophene rings is 1. The molecule has 1 N–H and O–H groups in total. The molecule has 1 saturated carbocycles. The molecule has 4 aromatic rings. The van der Waals surface area contributed by atoms with Gasteiger partial charge >= 0.3 is 0 Å². The number of halogens is 1. The van der Waals surface area contributed by atoms with Crippen molar-refractivity contribution < 1.29 is 18.8 Å². The fourth-order valence-electron chi connectivity index (χ4n) is 6.20. The Bertz CT molecular complexity index is 1780. The summed E-state index contributed by atoms with van der Waals surface area (Å²) in [6.45, 7) is 5.05. The number of pyridine rings is 1. The highest BCUT2D eigenvalue weighted by Crippen LogP contribution is 2.42. The zero-order valence-electron chi connectivity index (χ0n) is 25.1. The molecule has 2 aliphatic heterocycles. The molecule has 1 aliphatic carbocycles. The predicted octanol–water partition coefficient (Wildman–Crippen LogP) is 6.16. The molecule has 0 radical (unpaired) electrons. The minimum absolute atomic E-state index is 0.183. The smallest absolute Gasteiger partial charge is 0.276 e. The van der Waals surface area contributed by atoms with Gasteiger partial charge in [-0.1, -0.05) is 36.4 Å². The van der Waals surface area contributed by atoms with Crippen molar-refractivity contribution in [2.45, 2.75) is 32.6 Å². The summed E-state index contributed by atoms with van der Waals surface area (Å²) in [5, 5.41) is 2.74. The highest BCUT2D eigenvalue weighted by Gasteiger charge is 2.34. The van der Waals surface area contributed by atoms with Crippen molar-refractivity contribution in [3.05, 3.63) is 94.2 Å². The summed E-state index contributed by atoms with van der Waals surface area (Å²) in [7, 11) is 0. The zero-order chi connectivity index (χ0) is 31.1. The number of benzene rings is 2. The fraction of sp³-hybridized carbons (Fsp3) is 0.314. The van der Waals surface area contributed by atoms with E-state index in [9.17, 15) is 18.8 Å². The first-order chi connectivity index (χ1) is 21.9. The Kier molecular flexibility index (Phi) is 7.83. The number of hydrogen-bond donors (Lipinski definition) is 1. The number of fused-ring (bicyclic) bond motifs is 3. The van der Waals surface area contributed by atoms with Crippen molar-refractivity contribution >= 4 is 46.3 Å². The van der Waals surface area contributed by atoms with Gasteiger partial charge in [0.05, 0.1) is 16.3 Å². The van der Waals surface area contributed by atoms with E-state index >= 15 is 0 Å². The maximum Gasteiger partial charge on any atom is 0.276 e. The van der Waals surface area contributed by atoms with E-state index in [0.717, 1.165) is 59.9 Å². The SMILES string of the molecule is Cc1cccc(F)c1NC(=O)c1cc2c(s1)-c1ccccc1N(C(=O)c1cccc(N3CCCN(C(=O)C4CC4)CC3)n1)CC2. The maximum absolute atomic E-state index is 14.4. The molecule has 7 rings (SSSR count). The second kappa shape index (κ2) is 12.1. The molecule has 3 amide bonds. The molecule has 8 nitrogen and oxygen atoms in total. The Hall–Kier alpha value is -4.57. The van der Waals surface area contributed by atoms with Crippen molar-refractivity contribution in [3.8, 4) is 10.4 Å². The van der Waals surface area contributed by atoms with E-state index in [1.807, 2.05) is 47.4 Å². The molecule has 2 aromatic carbocycles. The van der Waals surface area contributed by atoms with Crippen LogP contribution in [-0.2, 0) is 11.2 Å². The van der Waals surface area contributed by atoms with Crippen LogP contribution in [0.5, 0.6) is 0 Å². The van der Waals surface area contributed by atoms with Gasteiger partial charge in [-0.25, -0.2) is 9.37 Å². The molecule has 4 heterocycles. The summed E-state index contributed by atoms with van der Waals surface area (Å²) in [4.78, 5) is 52.0. The average molecular weight is 624 g/mol. The van der Waals surface area contributed by atoms with Crippen LogP contribution in [0.1, 0.15) is 50.5 Å². The Balaban J connectivity index is 1.11. The number of amides is 3. The van der Waals surface area contributed by atoms with E-state index < -0.39 is 5.82 Å². The summed E-state index contributed by atoms with van der Waals surface area (Å²) >= 11 is 1.35. The van der Waals surface area contributed by atoms with Gasteiger partial charge in [-0.2, -0.15) is 0 Å². The van der Waals surface area contributed by atoms with Crippen molar-refractivity contribution in [2.75, 3.05) is 47.8 Å². The molecule has 45 heavy (non-hydrogen) atoms. The third kappa shape index (κ3) is 5.82. The Morgan fingerprint density at radius 3 is 2.58 bits per heavy atom. The third-order valence-corrected chi connectivity index (χ3v) is 10.0. The van der Waals surface area contributed by atoms with Gasteiger partial charge in [0.1, 0.15) is 17.3 Å². The summed E-state index contributed by atoms with van der Waals surface area (Å²) < 4.78 is 14.4. The zero-order valence-corrected chi connectivity index (χ0v) is 25.9. The van der Waals surface area contributed by atoms with Crippen LogP contribution >= 0.6 is 11.3 Å². The van der Waals surface area contributed by atoms with E-state index in [4.69, 9.17) is 4.98 Å². The Morgan fingerprint density at radius 1 is 0.933 bits per heavy atom. The van der Waals surface area contributed by atoms with Crippen molar-refractivity contribution in [1.82, 2.24) is 9.88 Å². The van der Waals surface area contributed by atoms with Crippen LogP contribution in [0.3, 0.4) is 0 Å². The van der Waals surface area contributed by atoms with Gasteiger partial charge in [0, 0.05) is 49.1 Å². The first-order valence-electron chi connectivity index (χ1n) is 15.5. The van der Waals surface area contributed by atoms with Gasteiger partial charge in [0.25, 0.3) is 11.8 Å². The van der Waals surface area contributed by atoms with Crippen molar-refractivity contribution in [1.29, 1.82) is 0 Å². The van der Waals surface area contributed by atoms with E-state index in [1.54, 1.807) is 30.0 Å². The summed E-state index contributed by atoms with van der Waals surface area (Å²) in [5.74, 6) is 0.206. The number of carbonyl (C=O) groups excluding carboxylic acids is 3. The topological polar surface area (TPSA) is 85.9 Å². The van der Waals surface area contributed by atoms with Gasteiger partial charge in [-0.15, -0.1) is 11.3 Å². The molecule has 1 saturated heterocycles. The molecule has 3 aliphatic rings. The average Bonchev–Trinajstić information content (AvgIpc) is 3.88. The van der Waals surface area contributed by atoms with Gasteiger partial charge < -0.3 is 20.0 Å². The highest BCUT2D eigenvalue weighted by atomic mass is 32.1. The molecular formula is C35H34FN5O3S. The first-order valence-corrected chi connectivity index (χ1v) is 16.3. The van der Waals surface area contributed by atoms with Gasteiger partial charge in [-0.05, 0) is 74.1 Å². The van der Waals surface area contributed by atoms with E-state index in [0.29, 0.717) is 42.2 Å². The van der Waals surface area contributed by atoms with Gasteiger partial charge in [-0.3, -0.25) is 14.4 Å². The predicted molar refractivity (Wildman–Crippen MR) is 175 cm³/mol. The van der Waals surface area contributed by atoms with Crippen LogP contribution in [0.4, 0.5) is 21.6 Å². The molecule has 0 spiro atoms.